The number of ether oxygens (including phenoxy) is 1. The molecule has 0 aromatic heterocycles. The lowest BCUT2D eigenvalue weighted by Crippen LogP contribution is -2.55. The minimum absolute atomic E-state index is 0.0257. The summed E-state index contributed by atoms with van der Waals surface area (Å²) in [5.41, 5.74) is -0.0576. The number of hydrogen-bond acceptors (Lipinski definition) is 3. The van der Waals surface area contributed by atoms with Crippen LogP contribution in [0.4, 0.5) is 0 Å². The maximum atomic E-state index is 12.0. The molecule has 1 atom stereocenters. The first-order valence-corrected chi connectivity index (χ1v) is 6.31. The lowest BCUT2D eigenvalue weighted by atomic mass is 9.89. The molecule has 1 amide bonds. The highest BCUT2D eigenvalue weighted by molar-refractivity contribution is 5.81. The second-order valence-electron chi connectivity index (χ2n) is 4.39. The molecule has 4 nitrogen and oxygen atoms in total. The predicted octanol–water partition coefficient (Wildman–Crippen LogP) is 1.06. The number of carbonyl (C=O) groups is 1. The molecule has 1 aliphatic rings. The highest BCUT2D eigenvalue weighted by Gasteiger charge is 2.30. The Labute approximate surface area is 98.1 Å². The average molecular weight is 228 g/mol. The van der Waals surface area contributed by atoms with Crippen LogP contribution in [0.25, 0.3) is 0 Å². The van der Waals surface area contributed by atoms with Crippen LogP contribution in [0.15, 0.2) is 0 Å². The average Bonchev–Trinajstić information content (AvgIpc) is 2.37. The molecule has 1 rings (SSSR count). The van der Waals surface area contributed by atoms with E-state index in [0.29, 0.717) is 13.2 Å². The van der Waals surface area contributed by atoms with Crippen LogP contribution in [0, 0.1) is 0 Å². The Morgan fingerprint density at radius 3 is 2.44 bits per heavy atom. The standard InChI is InChI=1S/C12H24N2O2/c1-4-12(5-2,6-3)14-11(15)10-9-13-7-8-16-10/h10,13H,4-9H2,1-3H3,(H,14,15). The molecule has 0 spiro atoms. The van der Waals surface area contributed by atoms with E-state index >= 15 is 0 Å². The summed E-state index contributed by atoms with van der Waals surface area (Å²) >= 11 is 0. The first-order valence-electron chi connectivity index (χ1n) is 6.31. The molecule has 0 aromatic carbocycles. The largest absolute Gasteiger partial charge is 0.366 e. The van der Waals surface area contributed by atoms with Gasteiger partial charge in [-0.25, -0.2) is 0 Å². The van der Waals surface area contributed by atoms with Crippen LogP contribution in [0.5, 0.6) is 0 Å². The summed E-state index contributed by atoms with van der Waals surface area (Å²) in [6, 6.07) is 0. The summed E-state index contributed by atoms with van der Waals surface area (Å²) in [6.07, 6.45) is 2.57. The fraction of sp³-hybridized carbons (Fsp3) is 0.917. The minimum Gasteiger partial charge on any atom is -0.366 e. The molecular formula is C12H24N2O2. The zero-order valence-corrected chi connectivity index (χ0v) is 10.6. The smallest absolute Gasteiger partial charge is 0.250 e. The minimum atomic E-state index is -0.322. The van der Waals surface area contributed by atoms with Gasteiger partial charge in [-0.2, -0.15) is 0 Å². The molecule has 94 valence electrons. The first-order chi connectivity index (χ1) is 7.67. The maximum Gasteiger partial charge on any atom is 0.250 e. The summed E-state index contributed by atoms with van der Waals surface area (Å²) in [4.78, 5) is 12.0. The van der Waals surface area contributed by atoms with Crippen LogP contribution < -0.4 is 10.6 Å². The van der Waals surface area contributed by atoms with E-state index in [-0.39, 0.29) is 17.6 Å². The van der Waals surface area contributed by atoms with Gasteiger partial charge in [0.05, 0.1) is 6.61 Å². The van der Waals surface area contributed by atoms with Crippen molar-refractivity contribution >= 4 is 5.91 Å². The van der Waals surface area contributed by atoms with Crippen molar-refractivity contribution < 1.29 is 9.53 Å². The number of nitrogens with one attached hydrogen (secondary N) is 2. The van der Waals surface area contributed by atoms with Gasteiger partial charge < -0.3 is 15.4 Å². The van der Waals surface area contributed by atoms with Gasteiger partial charge in [0, 0.05) is 18.6 Å². The van der Waals surface area contributed by atoms with Crippen LogP contribution in [0.2, 0.25) is 0 Å². The van der Waals surface area contributed by atoms with E-state index in [0.717, 1.165) is 25.8 Å². The molecule has 0 aromatic rings. The normalized spacial score (nSPS) is 21.8. The number of carbonyl (C=O) groups excluding carboxylic acids is 1. The van der Waals surface area contributed by atoms with E-state index < -0.39 is 0 Å². The fourth-order valence-corrected chi connectivity index (χ4v) is 2.09. The van der Waals surface area contributed by atoms with Gasteiger partial charge in [0.25, 0.3) is 5.91 Å². The van der Waals surface area contributed by atoms with Crippen molar-refractivity contribution in [3.8, 4) is 0 Å². The third-order valence-electron chi connectivity index (χ3n) is 3.64. The summed E-state index contributed by atoms with van der Waals surface area (Å²) in [6.45, 7) is 8.44. The third kappa shape index (κ3) is 3.19. The third-order valence-corrected chi connectivity index (χ3v) is 3.64. The van der Waals surface area contributed by atoms with Crippen molar-refractivity contribution in [3.05, 3.63) is 0 Å². The van der Waals surface area contributed by atoms with Crippen LogP contribution in [0.3, 0.4) is 0 Å². The van der Waals surface area contributed by atoms with Crippen molar-refractivity contribution in [1.29, 1.82) is 0 Å². The van der Waals surface area contributed by atoms with Crippen molar-refractivity contribution in [2.75, 3.05) is 19.7 Å². The van der Waals surface area contributed by atoms with Gasteiger partial charge in [0.15, 0.2) is 0 Å². The van der Waals surface area contributed by atoms with E-state index in [4.69, 9.17) is 4.74 Å². The Bertz CT molecular complexity index is 213. The van der Waals surface area contributed by atoms with Crippen molar-refractivity contribution in [1.82, 2.24) is 10.6 Å². The maximum absolute atomic E-state index is 12.0. The van der Waals surface area contributed by atoms with E-state index in [2.05, 4.69) is 31.4 Å². The SMILES string of the molecule is CCC(CC)(CC)NC(=O)C1CNCCO1. The predicted molar refractivity (Wildman–Crippen MR) is 64.4 cm³/mol. The Kier molecular flexibility index (Phi) is 5.22. The highest BCUT2D eigenvalue weighted by atomic mass is 16.5. The molecule has 1 heterocycles. The van der Waals surface area contributed by atoms with Gasteiger partial charge >= 0.3 is 0 Å². The molecule has 0 bridgehead atoms. The fourth-order valence-electron chi connectivity index (χ4n) is 2.09. The van der Waals surface area contributed by atoms with Crippen LogP contribution in [-0.2, 0) is 9.53 Å². The van der Waals surface area contributed by atoms with E-state index in [1.54, 1.807) is 0 Å². The van der Waals surface area contributed by atoms with E-state index in [1.165, 1.54) is 0 Å². The summed E-state index contributed by atoms with van der Waals surface area (Å²) in [5, 5.41) is 6.32. The Hall–Kier alpha value is -0.610. The van der Waals surface area contributed by atoms with Crippen LogP contribution in [0.1, 0.15) is 40.0 Å². The zero-order chi connectivity index (χ0) is 12.0. The first kappa shape index (κ1) is 13.5. The lowest BCUT2D eigenvalue weighted by Gasteiger charge is -2.34. The number of rotatable bonds is 5. The van der Waals surface area contributed by atoms with E-state index in [9.17, 15) is 4.79 Å². The molecule has 0 aliphatic carbocycles. The highest BCUT2D eigenvalue weighted by Crippen LogP contribution is 2.19. The molecule has 2 N–H and O–H groups in total. The van der Waals surface area contributed by atoms with Crippen molar-refractivity contribution in [2.45, 2.75) is 51.7 Å². The summed E-state index contributed by atoms with van der Waals surface area (Å²) < 4.78 is 5.44. The van der Waals surface area contributed by atoms with Gasteiger partial charge in [-0.15, -0.1) is 0 Å². The van der Waals surface area contributed by atoms with Gasteiger partial charge in [-0.1, -0.05) is 20.8 Å². The van der Waals surface area contributed by atoms with Gasteiger partial charge in [-0.05, 0) is 19.3 Å². The lowest BCUT2D eigenvalue weighted by molar-refractivity contribution is -0.136. The molecule has 0 saturated carbocycles. The Balaban J connectivity index is 2.53. The monoisotopic (exact) mass is 228 g/mol. The van der Waals surface area contributed by atoms with Crippen molar-refractivity contribution in [3.63, 3.8) is 0 Å². The second kappa shape index (κ2) is 6.21. The zero-order valence-electron chi connectivity index (χ0n) is 10.6. The molecule has 1 saturated heterocycles. The Morgan fingerprint density at radius 1 is 1.38 bits per heavy atom. The Morgan fingerprint density at radius 2 is 2.00 bits per heavy atom. The number of hydrogen-bond donors (Lipinski definition) is 2. The summed E-state index contributed by atoms with van der Waals surface area (Å²) in [5.74, 6) is 0.0257. The number of amides is 1. The molecule has 1 aliphatic heterocycles. The molecule has 0 radical (unpaired) electrons. The molecule has 4 heteroatoms. The van der Waals surface area contributed by atoms with Gasteiger partial charge in [0.1, 0.15) is 6.10 Å². The quantitative estimate of drug-likeness (QED) is 0.740. The molecule has 1 unspecified atom stereocenters. The van der Waals surface area contributed by atoms with Crippen LogP contribution >= 0.6 is 0 Å². The van der Waals surface area contributed by atoms with Gasteiger partial charge in [-0.3, -0.25) is 4.79 Å². The molecular weight excluding hydrogens is 204 g/mol. The molecule has 1 fully saturated rings. The second-order valence-corrected chi connectivity index (χ2v) is 4.39. The van der Waals surface area contributed by atoms with Gasteiger partial charge in [0.2, 0.25) is 0 Å². The number of morpholine rings is 1. The topological polar surface area (TPSA) is 50.4 Å². The summed E-state index contributed by atoms with van der Waals surface area (Å²) in [7, 11) is 0. The van der Waals surface area contributed by atoms with E-state index in [1.807, 2.05) is 0 Å². The molecule has 16 heavy (non-hydrogen) atoms. The van der Waals surface area contributed by atoms with Crippen LogP contribution in [-0.4, -0.2) is 37.2 Å². The van der Waals surface area contributed by atoms with Crippen molar-refractivity contribution in [2.24, 2.45) is 0 Å².